The summed E-state index contributed by atoms with van der Waals surface area (Å²) in [4.78, 5) is 5.36. The van der Waals surface area contributed by atoms with Gasteiger partial charge in [-0.15, -0.1) is 0 Å². The number of aromatic nitrogens is 1. The number of ether oxygens (including phenoxy) is 1. The van der Waals surface area contributed by atoms with Crippen molar-refractivity contribution in [1.29, 1.82) is 0 Å². The molecule has 0 amide bonds. The number of hydrogen-bond donors (Lipinski definition) is 1. The van der Waals surface area contributed by atoms with Crippen molar-refractivity contribution in [1.82, 2.24) is 4.98 Å². The summed E-state index contributed by atoms with van der Waals surface area (Å²) in [5.74, 6) is 1.07. The molecule has 43 heavy (non-hydrogen) atoms. The van der Waals surface area contributed by atoms with Gasteiger partial charge in [-0.25, -0.2) is 0 Å². The van der Waals surface area contributed by atoms with Crippen LogP contribution in [0.2, 0.25) is 18.1 Å². The molecule has 2 aliphatic carbocycles. The van der Waals surface area contributed by atoms with Crippen LogP contribution < -0.4 is 0 Å². The summed E-state index contributed by atoms with van der Waals surface area (Å²) < 4.78 is 53.0. The lowest BCUT2D eigenvalue weighted by Crippen LogP contribution is -2.41. The Morgan fingerprint density at radius 3 is 2.30 bits per heavy atom. The fourth-order valence-electron chi connectivity index (χ4n) is 6.67. The van der Waals surface area contributed by atoms with E-state index >= 15 is 0 Å². The normalized spacial score (nSPS) is 22.2. The van der Waals surface area contributed by atoms with Crippen LogP contribution in [-0.2, 0) is 28.2 Å². The van der Waals surface area contributed by atoms with E-state index in [1.165, 1.54) is 17.7 Å². The first-order chi connectivity index (χ1) is 20.0. The van der Waals surface area contributed by atoms with E-state index in [-0.39, 0.29) is 22.3 Å². The quantitative estimate of drug-likeness (QED) is 0.329. The minimum atomic E-state index is -4.44. The number of aliphatic hydroxyl groups excluding tert-OH is 1. The average molecular weight is 616 g/mol. The SMILES string of the molecule is CC1(C)CCc2c(nc(C3CCOCC3)c([C@@H](O)c3ccc(C(F)(F)F)cc3)c2[C@@H]2CCC=C2O[Si](C)(C)C(C)(C)C)C1. The van der Waals surface area contributed by atoms with E-state index in [2.05, 4.69) is 53.8 Å². The van der Waals surface area contributed by atoms with Gasteiger partial charge in [-0.2, -0.15) is 13.2 Å². The van der Waals surface area contributed by atoms with Crippen LogP contribution in [0, 0.1) is 5.41 Å². The van der Waals surface area contributed by atoms with Crippen molar-refractivity contribution in [3.63, 3.8) is 0 Å². The highest BCUT2D eigenvalue weighted by Crippen LogP contribution is 2.50. The molecule has 1 fully saturated rings. The molecule has 4 nitrogen and oxygen atoms in total. The Morgan fingerprint density at radius 1 is 1.05 bits per heavy atom. The second-order valence-corrected chi connectivity index (χ2v) is 19.8. The molecule has 5 rings (SSSR count). The minimum absolute atomic E-state index is 0.0234. The van der Waals surface area contributed by atoms with Gasteiger partial charge in [-0.05, 0) is 103 Å². The monoisotopic (exact) mass is 615 g/mol. The van der Waals surface area contributed by atoms with Crippen molar-refractivity contribution in [2.24, 2.45) is 5.41 Å². The lowest BCUT2D eigenvalue weighted by molar-refractivity contribution is -0.137. The maximum absolute atomic E-state index is 13.4. The topological polar surface area (TPSA) is 51.6 Å². The fraction of sp³-hybridized carbons (Fsp3) is 0.629. The first kappa shape index (κ1) is 32.2. The van der Waals surface area contributed by atoms with E-state index in [0.717, 1.165) is 85.4 Å². The van der Waals surface area contributed by atoms with Crippen LogP contribution in [0.3, 0.4) is 0 Å². The molecule has 0 bridgehead atoms. The Bertz CT molecular complexity index is 1350. The van der Waals surface area contributed by atoms with E-state index < -0.39 is 26.2 Å². The van der Waals surface area contributed by atoms with Gasteiger partial charge in [0, 0.05) is 36.3 Å². The van der Waals surface area contributed by atoms with Gasteiger partial charge in [0.15, 0.2) is 0 Å². The number of nitrogens with zero attached hydrogens (tertiary/aromatic N) is 1. The van der Waals surface area contributed by atoms with Gasteiger partial charge in [-0.1, -0.05) is 46.8 Å². The second kappa shape index (κ2) is 11.6. The van der Waals surface area contributed by atoms with Crippen LogP contribution in [0.5, 0.6) is 0 Å². The Hall–Kier alpha value is -2.16. The number of pyridine rings is 1. The van der Waals surface area contributed by atoms with E-state index in [4.69, 9.17) is 14.1 Å². The van der Waals surface area contributed by atoms with Crippen molar-refractivity contribution in [2.75, 3.05) is 13.2 Å². The summed E-state index contributed by atoms with van der Waals surface area (Å²) in [6, 6.07) is 4.99. The summed E-state index contributed by atoms with van der Waals surface area (Å²) in [6.45, 7) is 17.1. The molecule has 2 aromatic rings. The number of aliphatic hydroxyl groups is 1. The van der Waals surface area contributed by atoms with E-state index in [0.29, 0.717) is 18.8 Å². The molecular formula is C35H48F3NO3Si. The van der Waals surface area contributed by atoms with Crippen molar-refractivity contribution < 1.29 is 27.4 Å². The molecule has 2 atom stereocenters. The van der Waals surface area contributed by atoms with Crippen LogP contribution in [0.15, 0.2) is 36.1 Å². The van der Waals surface area contributed by atoms with Gasteiger partial charge < -0.3 is 14.3 Å². The highest BCUT2D eigenvalue weighted by molar-refractivity contribution is 6.74. The third kappa shape index (κ3) is 6.62. The maximum atomic E-state index is 13.4. The molecule has 3 aliphatic rings. The molecule has 8 heteroatoms. The summed E-state index contributed by atoms with van der Waals surface area (Å²) in [5.41, 5.74) is 4.93. The number of alkyl halides is 3. The molecule has 1 aromatic heterocycles. The fourth-order valence-corrected chi connectivity index (χ4v) is 7.79. The van der Waals surface area contributed by atoms with Crippen molar-refractivity contribution in [3.8, 4) is 0 Å². The molecule has 0 radical (unpaired) electrons. The van der Waals surface area contributed by atoms with E-state index in [9.17, 15) is 18.3 Å². The number of allylic oxidation sites excluding steroid dienone is 2. The van der Waals surface area contributed by atoms with Gasteiger partial charge in [0.2, 0.25) is 8.32 Å². The Balaban J connectivity index is 1.71. The lowest BCUT2D eigenvalue weighted by atomic mass is 9.71. The molecule has 0 saturated carbocycles. The molecule has 0 unspecified atom stereocenters. The number of hydrogen-bond acceptors (Lipinski definition) is 4. The molecule has 1 N–H and O–H groups in total. The van der Waals surface area contributed by atoms with Gasteiger partial charge in [0.05, 0.1) is 17.0 Å². The zero-order valence-electron chi connectivity index (χ0n) is 26.8. The molecule has 2 heterocycles. The molecule has 1 aromatic carbocycles. The van der Waals surface area contributed by atoms with E-state index in [1.807, 2.05) is 0 Å². The molecular weight excluding hydrogens is 567 g/mol. The number of fused-ring (bicyclic) bond motifs is 1. The van der Waals surface area contributed by atoms with Crippen LogP contribution in [-0.4, -0.2) is 31.6 Å². The number of benzene rings is 1. The first-order valence-corrected chi connectivity index (χ1v) is 18.8. The maximum Gasteiger partial charge on any atom is 0.416 e. The Morgan fingerprint density at radius 2 is 1.70 bits per heavy atom. The van der Waals surface area contributed by atoms with Crippen LogP contribution in [0.25, 0.3) is 0 Å². The third-order valence-electron chi connectivity index (χ3n) is 10.3. The zero-order chi connectivity index (χ0) is 31.4. The molecule has 0 spiro atoms. The van der Waals surface area contributed by atoms with E-state index in [1.54, 1.807) is 0 Å². The highest BCUT2D eigenvalue weighted by Gasteiger charge is 2.43. The smallest absolute Gasteiger partial charge is 0.416 e. The lowest BCUT2D eigenvalue weighted by Gasteiger charge is -2.40. The predicted molar refractivity (Wildman–Crippen MR) is 167 cm³/mol. The first-order valence-electron chi connectivity index (χ1n) is 15.9. The van der Waals surface area contributed by atoms with Crippen LogP contribution >= 0.6 is 0 Å². The zero-order valence-corrected chi connectivity index (χ0v) is 27.8. The summed E-state index contributed by atoms with van der Waals surface area (Å²) in [6.07, 6.45) is 2.79. The number of rotatable bonds is 6. The van der Waals surface area contributed by atoms with Gasteiger partial charge in [-0.3, -0.25) is 4.98 Å². The second-order valence-electron chi connectivity index (χ2n) is 15.1. The van der Waals surface area contributed by atoms with Crippen molar-refractivity contribution in [2.45, 2.75) is 122 Å². The molecule has 1 saturated heterocycles. The van der Waals surface area contributed by atoms with Gasteiger partial charge >= 0.3 is 6.18 Å². The molecule has 236 valence electrons. The van der Waals surface area contributed by atoms with Crippen molar-refractivity contribution in [3.05, 3.63) is 75.3 Å². The molecule has 1 aliphatic heterocycles. The largest absolute Gasteiger partial charge is 0.546 e. The highest BCUT2D eigenvalue weighted by atomic mass is 28.4. The summed E-state index contributed by atoms with van der Waals surface area (Å²) >= 11 is 0. The Labute approximate surface area is 256 Å². The summed E-state index contributed by atoms with van der Waals surface area (Å²) in [7, 11) is -2.15. The minimum Gasteiger partial charge on any atom is -0.546 e. The standard InChI is InChI=1S/C35H48F3NO3Si/c1-33(2,3)43(6,7)42-28-10-8-9-26(28)29-25-15-18-34(4,5)21-27(25)39-31(22-16-19-41-20-17-22)30(29)32(40)23-11-13-24(14-12-23)35(36,37)38/h10-14,22,26,32,40H,8-9,15-21H2,1-7H3/t26-,32+/m1/s1. The Kier molecular flexibility index (Phi) is 8.73. The van der Waals surface area contributed by atoms with Crippen LogP contribution in [0.1, 0.15) is 124 Å². The van der Waals surface area contributed by atoms with Gasteiger partial charge in [0.25, 0.3) is 0 Å². The van der Waals surface area contributed by atoms with Gasteiger partial charge in [0.1, 0.15) is 6.10 Å². The van der Waals surface area contributed by atoms with Crippen LogP contribution in [0.4, 0.5) is 13.2 Å². The third-order valence-corrected chi connectivity index (χ3v) is 14.7. The number of halogens is 3. The average Bonchev–Trinajstić information content (AvgIpc) is 3.37. The summed E-state index contributed by atoms with van der Waals surface area (Å²) in [5, 5.41) is 12.2. The predicted octanol–water partition coefficient (Wildman–Crippen LogP) is 9.37. The van der Waals surface area contributed by atoms with Crippen molar-refractivity contribution >= 4 is 8.32 Å².